The second kappa shape index (κ2) is 16.7. The highest BCUT2D eigenvalue weighted by Crippen LogP contribution is 2.51. The number of carbonyl (C=O) groups is 2. The summed E-state index contributed by atoms with van der Waals surface area (Å²) in [4.78, 5) is 45.7. The molecule has 52 heavy (non-hydrogen) atoms. The molecular weight excluding hydrogens is 736 g/mol. The SMILES string of the molecule is CC1C=C(CN(CCCn2ccnc2)C(=O)C2CN([C@H]3C4=C(CCC5C=C(Cl)C=CC53C)C[C@H](Br)C=N4)CCN2C(=O)CC2CCCCC2)C=CC1. The topological polar surface area (TPSA) is 74.0 Å². The van der Waals surface area contributed by atoms with Gasteiger partial charge in [-0.15, -0.1) is 0 Å². The van der Waals surface area contributed by atoms with Crippen molar-refractivity contribution in [2.45, 2.75) is 108 Å². The zero-order valence-corrected chi connectivity index (χ0v) is 33.4. The van der Waals surface area contributed by atoms with E-state index in [-0.39, 0.29) is 34.0 Å². The highest BCUT2D eigenvalue weighted by molar-refractivity contribution is 9.10. The number of amides is 2. The first-order chi connectivity index (χ1) is 25.2. The van der Waals surface area contributed by atoms with Gasteiger partial charge >= 0.3 is 0 Å². The standard InChI is InChI=1S/C42H56BrClN6O2/c1-30-8-6-11-32(22-30)27-49(18-7-17-47-19-16-45-29-47)41(52)37-28-48(20-21-50(37)38(51)23-31-9-4-3-5-10-31)40-39-33(24-35(43)26-46-39)12-13-34-25-36(44)14-15-42(34,40)2/h6,11,14-16,19,22,25-26,29-31,34-35,37,40H,3-5,7-10,12-13,17-18,20-21,23-24,27-28H2,1-2H3/t30?,34?,35-,37?,40-,42?/m0/s1. The molecule has 8 nitrogen and oxygen atoms in total. The molecule has 2 aliphatic heterocycles. The van der Waals surface area contributed by atoms with E-state index in [1.165, 1.54) is 30.4 Å². The fourth-order valence-electron chi connectivity index (χ4n) is 9.72. The molecule has 10 heteroatoms. The molecule has 3 heterocycles. The van der Waals surface area contributed by atoms with E-state index in [2.05, 4.69) is 80.7 Å². The molecule has 2 amide bonds. The van der Waals surface area contributed by atoms with Crippen LogP contribution in [0.15, 0.2) is 82.0 Å². The van der Waals surface area contributed by atoms with E-state index in [0.717, 1.165) is 62.2 Å². The Morgan fingerprint density at radius 1 is 1.12 bits per heavy atom. The number of rotatable bonds is 10. The molecular formula is C42H56BrClN6O2. The van der Waals surface area contributed by atoms with Gasteiger partial charge in [0, 0.05) is 74.7 Å². The van der Waals surface area contributed by atoms with Crippen molar-refractivity contribution in [3.8, 4) is 0 Å². The lowest BCUT2D eigenvalue weighted by Gasteiger charge is -2.51. The number of fused-ring (bicyclic) bond motifs is 1. The molecule has 1 aromatic heterocycles. The number of hydrogen-bond acceptors (Lipinski definition) is 5. The van der Waals surface area contributed by atoms with Gasteiger partial charge in [-0.05, 0) is 79.9 Å². The lowest BCUT2D eigenvalue weighted by molar-refractivity contribution is -0.151. The average molecular weight is 792 g/mol. The van der Waals surface area contributed by atoms with Crippen molar-refractivity contribution in [1.29, 1.82) is 0 Å². The Labute approximate surface area is 323 Å². The second-order valence-corrected chi connectivity index (χ2v) is 18.0. The number of allylic oxidation sites excluding steroid dienone is 6. The van der Waals surface area contributed by atoms with Crippen LogP contribution in [-0.2, 0) is 16.1 Å². The lowest BCUT2D eigenvalue weighted by atomic mass is 9.67. The average Bonchev–Trinajstić information content (AvgIpc) is 3.62. The summed E-state index contributed by atoms with van der Waals surface area (Å²) in [7, 11) is 0. The Balaban J connectivity index is 1.22. The largest absolute Gasteiger partial charge is 0.337 e. The summed E-state index contributed by atoms with van der Waals surface area (Å²) < 4.78 is 2.07. The molecule has 0 aromatic carbocycles. The van der Waals surface area contributed by atoms with Crippen molar-refractivity contribution in [3.05, 3.63) is 77.1 Å². The number of alkyl halides is 1. The van der Waals surface area contributed by atoms with Crippen LogP contribution in [0.5, 0.6) is 0 Å². The van der Waals surface area contributed by atoms with Crippen LogP contribution in [-0.4, -0.2) is 91.9 Å². The number of halogens is 2. The summed E-state index contributed by atoms with van der Waals surface area (Å²) in [6, 6.07) is -0.602. The molecule has 4 unspecified atom stereocenters. The van der Waals surface area contributed by atoms with Gasteiger partial charge in [0.15, 0.2) is 0 Å². The molecule has 280 valence electrons. The summed E-state index contributed by atoms with van der Waals surface area (Å²) in [5, 5.41) is 0.792. The maximum Gasteiger partial charge on any atom is 0.247 e. The Hall–Kier alpha value is -2.75. The molecule has 0 bridgehead atoms. The minimum Gasteiger partial charge on any atom is -0.337 e. The van der Waals surface area contributed by atoms with Gasteiger partial charge in [0.05, 0.1) is 22.9 Å². The van der Waals surface area contributed by atoms with E-state index in [1.807, 2.05) is 28.5 Å². The molecule has 0 radical (unpaired) electrons. The predicted octanol–water partition coefficient (Wildman–Crippen LogP) is 8.08. The first-order valence-corrected chi connectivity index (χ1v) is 21.1. The van der Waals surface area contributed by atoms with Crippen molar-refractivity contribution in [2.75, 3.05) is 32.7 Å². The first-order valence-electron chi connectivity index (χ1n) is 19.8. The molecule has 6 aliphatic rings. The predicted molar refractivity (Wildman–Crippen MR) is 213 cm³/mol. The van der Waals surface area contributed by atoms with Gasteiger partial charge < -0.3 is 14.4 Å². The number of aryl methyl sites for hydroxylation is 1. The Bertz CT molecular complexity index is 1640. The van der Waals surface area contributed by atoms with Crippen molar-refractivity contribution in [3.63, 3.8) is 0 Å². The number of aromatic nitrogens is 2. The molecule has 1 saturated carbocycles. The van der Waals surface area contributed by atoms with Crippen LogP contribution in [0.2, 0.25) is 0 Å². The Morgan fingerprint density at radius 2 is 1.96 bits per heavy atom. The van der Waals surface area contributed by atoms with E-state index < -0.39 is 6.04 Å². The van der Waals surface area contributed by atoms with E-state index in [1.54, 1.807) is 6.20 Å². The molecule has 6 atom stereocenters. The third kappa shape index (κ3) is 8.47. The Morgan fingerprint density at radius 3 is 2.75 bits per heavy atom. The van der Waals surface area contributed by atoms with Crippen LogP contribution in [0.3, 0.4) is 0 Å². The normalized spacial score (nSPS) is 31.1. The van der Waals surface area contributed by atoms with E-state index in [9.17, 15) is 4.79 Å². The molecule has 2 fully saturated rings. The number of hydrogen-bond donors (Lipinski definition) is 0. The van der Waals surface area contributed by atoms with Crippen LogP contribution < -0.4 is 0 Å². The molecule has 0 spiro atoms. The van der Waals surface area contributed by atoms with Gasteiger partial charge in [-0.2, -0.15) is 0 Å². The third-order valence-corrected chi connectivity index (χ3v) is 13.4. The molecule has 0 N–H and O–H groups in total. The van der Waals surface area contributed by atoms with Gasteiger partial charge in [-0.3, -0.25) is 19.5 Å². The molecule has 1 aromatic rings. The van der Waals surface area contributed by atoms with Crippen LogP contribution in [0, 0.1) is 23.2 Å². The molecule has 1 saturated heterocycles. The van der Waals surface area contributed by atoms with Crippen LogP contribution >= 0.6 is 27.5 Å². The van der Waals surface area contributed by atoms with Gasteiger partial charge in [0.25, 0.3) is 0 Å². The zero-order valence-electron chi connectivity index (χ0n) is 31.0. The first kappa shape index (κ1) is 37.6. The summed E-state index contributed by atoms with van der Waals surface area (Å²) in [6.45, 7) is 8.25. The summed E-state index contributed by atoms with van der Waals surface area (Å²) >= 11 is 10.5. The fourth-order valence-corrected chi connectivity index (χ4v) is 10.4. The summed E-state index contributed by atoms with van der Waals surface area (Å²) in [6.07, 6.45) is 32.1. The number of imidazole rings is 1. The number of piperazine rings is 1. The number of aliphatic imine (C=N–C) groups is 1. The molecule has 7 rings (SSSR count). The van der Waals surface area contributed by atoms with E-state index in [4.69, 9.17) is 16.6 Å². The van der Waals surface area contributed by atoms with Gasteiger partial charge in [0.2, 0.25) is 11.8 Å². The van der Waals surface area contributed by atoms with Gasteiger partial charge in [-0.1, -0.05) is 91.0 Å². The highest BCUT2D eigenvalue weighted by atomic mass is 79.9. The molecule has 4 aliphatic carbocycles. The smallest absolute Gasteiger partial charge is 0.247 e. The van der Waals surface area contributed by atoms with E-state index >= 15 is 4.79 Å². The highest BCUT2D eigenvalue weighted by Gasteiger charge is 2.50. The monoisotopic (exact) mass is 790 g/mol. The minimum absolute atomic E-state index is 0.0334. The van der Waals surface area contributed by atoms with Gasteiger partial charge in [-0.25, -0.2) is 4.98 Å². The van der Waals surface area contributed by atoms with E-state index in [0.29, 0.717) is 51.0 Å². The second-order valence-electron chi connectivity index (χ2n) is 16.4. The zero-order chi connectivity index (χ0) is 36.2. The minimum atomic E-state index is -0.568. The van der Waals surface area contributed by atoms with Crippen molar-refractivity contribution in [1.82, 2.24) is 24.3 Å². The van der Waals surface area contributed by atoms with Crippen molar-refractivity contribution in [2.24, 2.45) is 28.2 Å². The van der Waals surface area contributed by atoms with Crippen LogP contribution in [0.1, 0.15) is 84.5 Å². The van der Waals surface area contributed by atoms with Crippen molar-refractivity contribution < 1.29 is 9.59 Å². The third-order valence-electron chi connectivity index (χ3n) is 12.5. The number of carbonyl (C=O) groups excluding carboxylic acids is 2. The van der Waals surface area contributed by atoms with Gasteiger partial charge in [0.1, 0.15) is 6.04 Å². The van der Waals surface area contributed by atoms with Crippen molar-refractivity contribution >= 4 is 45.6 Å². The fraction of sp³-hybridized carbons (Fsp3) is 0.619. The maximum absolute atomic E-state index is 15.2. The van der Waals surface area contributed by atoms with Crippen LogP contribution in [0.25, 0.3) is 0 Å². The van der Waals surface area contributed by atoms with Crippen LogP contribution in [0.4, 0.5) is 0 Å². The summed E-state index contributed by atoms with van der Waals surface area (Å²) in [5.41, 5.74) is 3.46. The number of nitrogens with zero attached hydrogens (tertiary/aromatic N) is 6. The maximum atomic E-state index is 15.2. The Kier molecular flexibility index (Phi) is 12.1. The summed E-state index contributed by atoms with van der Waals surface area (Å²) in [5.74, 6) is 1.29. The quantitative estimate of drug-likeness (QED) is 0.225. The lowest BCUT2D eigenvalue weighted by Crippen LogP contribution is -2.65.